The molecule has 2 N–H and O–H groups in total. The normalized spacial score (nSPS) is 13.0. The number of aliphatic hydroxyl groups is 2. The Hall–Kier alpha value is -1.74. The van der Waals surface area contributed by atoms with E-state index in [9.17, 15) is 29.4 Å². The van der Waals surface area contributed by atoms with Crippen molar-refractivity contribution in [3.05, 3.63) is 50.6 Å². The molecule has 0 aromatic carbocycles. The van der Waals surface area contributed by atoms with Crippen LogP contribution in [0.2, 0.25) is 0 Å². The first kappa shape index (κ1) is 22.3. The van der Waals surface area contributed by atoms with Crippen molar-refractivity contribution >= 4 is 44.7 Å². The van der Waals surface area contributed by atoms with Crippen LogP contribution < -0.4 is 0 Å². The zero-order chi connectivity index (χ0) is 18.9. The van der Waals surface area contributed by atoms with E-state index in [0.29, 0.717) is 21.6 Å². The van der Waals surface area contributed by atoms with E-state index in [1.807, 2.05) is 0 Å². The van der Waals surface area contributed by atoms with E-state index in [-0.39, 0.29) is 0 Å². The number of hydrogen-bond acceptors (Lipinski definition) is 8. The van der Waals surface area contributed by atoms with Gasteiger partial charge < -0.3 is 10.2 Å². The Kier molecular flexibility index (Phi) is 10.1. The molecule has 2 atom stereocenters. The summed E-state index contributed by atoms with van der Waals surface area (Å²) in [6.07, 6.45) is 3.56. The Balaban J connectivity index is 5.12. The fourth-order valence-corrected chi connectivity index (χ4v) is 3.91. The summed E-state index contributed by atoms with van der Waals surface area (Å²) in [5.41, 5.74) is -3.06. The van der Waals surface area contributed by atoms with Crippen molar-refractivity contribution < 1.29 is 29.4 Å². The molecule has 0 aliphatic carbocycles. The van der Waals surface area contributed by atoms with Gasteiger partial charge >= 0.3 is 0 Å². The highest BCUT2D eigenvalue weighted by molar-refractivity contribution is 8.77. The molecular weight excluding hydrogens is 352 g/mol. The first-order valence-corrected chi connectivity index (χ1v) is 8.86. The summed E-state index contributed by atoms with van der Waals surface area (Å²) in [6, 6.07) is 0. The molecule has 0 saturated heterocycles. The van der Waals surface area contributed by atoms with E-state index in [2.05, 4.69) is 26.3 Å². The molecule has 2 unspecified atom stereocenters. The molecule has 8 heteroatoms. The van der Waals surface area contributed by atoms with Gasteiger partial charge in [-0.15, -0.1) is 0 Å². The van der Waals surface area contributed by atoms with Gasteiger partial charge in [-0.2, -0.15) is 0 Å². The highest BCUT2D eigenvalue weighted by Crippen LogP contribution is 2.36. The highest BCUT2D eigenvalue weighted by Gasteiger charge is 2.35. The maximum atomic E-state index is 11.7. The third-order valence-corrected chi connectivity index (χ3v) is 5.42. The van der Waals surface area contributed by atoms with Crippen molar-refractivity contribution in [2.24, 2.45) is 11.8 Å². The quantitative estimate of drug-likeness (QED) is 0.216. The van der Waals surface area contributed by atoms with Gasteiger partial charge in [-0.05, 0) is 24.3 Å². The average molecular weight is 370 g/mol. The number of hydrogen-bond donors (Lipinski definition) is 2. The molecule has 6 nitrogen and oxygen atoms in total. The smallest absolute Gasteiger partial charge is 0.169 e. The first-order valence-electron chi connectivity index (χ1n) is 6.58. The van der Waals surface area contributed by atoms with Crippen molar-refractivity contribution in [1.29, 1.82) is 0 Å². The van der Waals surface area contributed by atoms with Crippen molar-refractivity contribution in [1.82, 2.24) is 0 Å². The second kappa shape index (κ2) is 10.9. The van der Waals surface area contributed by atoms with Gasteiger partial charge in [-0.25, -0.2) is 0 Å². The summed E-state index contributed by atoms with van der Waals surface area (Å²) >= 11 is 0. The Bertz CT molecular complexity index is 479. The van der Waals surface area contributed by atoms with Crippen LogP contribution in [0, 0.1) is 11.8 Å². The second-order valence-electron chi connectivity index (χ2n) is 4.35. The molecule has 130 valence electrons. The molecule has 0 amide bonds. The van der Waals surface area contributed by atoms with Crippen LogP contribution in [0.1, 0.15) is 0 Å². The van der Waals surface area contributed by atoms with Crippen LogP contribution in [-0.2, 0) is 19.2 Å². The van der Waals surface area contributed by atoms with Crippen molar-refractivity contribution in [2.45, 2.75) is 10.9 Å². The number of rotatable bonds is 13. The van der Waals surface area contributed by atoms with Crippen LogP contribution in [0.15, 0.2) is 50.6 Å². The third kappa shape index (κ3) is 6.04. The van der Waals surface area contributed by atoms with Gasteiger partial charge in [0.05, 0.1) is 0 Å². The van der Waals surface area contributed by atoms with Crippen molar-refractivity contribution in [2.75, 3.05) is 0 Å². The topological polar surface area (TPSA) is 109 Å². The minimum atomic E-state index is -1.53. The zero-order valence-corrected chi connectivity index (χ0v) is 14.4. The maximum absolute atomic E-state index is 11.7. The molecule has 0 radical (unpaired) electrons. The predicted octanol–water partition coefficient (Wildman–Crippen LogP) is 1.26. The number of allylic oxidation sites excluding steroid dienone is 4. The monoisotopic (exact) mass is 370 g/mol. The standard InChI is InChI=1S/C16H18O6S2/c1-5-9(17)13(10(18)6-2)15(21)23-24-16(22)14(11(19)7-3)12(20)8-4/h5-8,13-16,21-22H,1-4H2. The molecule has 0 aromatic rings. The van der Waals surface area contributed by atoms with Gasteiger partial charge in [-0.1, -0.05) is 47.9 Å². The molecule has 0 fully saturated rings. The second-order valence-corrected chi connectivity index (χ2v) is 6.86. The van der Waals surface area contributed by atoms with Crippen LogP contribution in [0.3, 0.4) is 0 Å². The van der Waals surface area contributed by atoms with E-state index < -0.39 is 45.8 Å². The molecule has 0 aliphatic heterocycles. The fourth-order valence-electron chi connectivity index (χ4n) is 1.58. The number of aliphatic hydroxyl groups excluding tert-OH is 2. The summed E-state index contributed by atoms with van der Waals surface area (Å²) in [6.45, 7) is 13.0. The van der Waals surface area contributed by atoms with Gasteiger partial charge in [0.25, 0.3) is 0 Å². The molecule has 0 heterocycles. The van der Waals surface area contributed by atoms with Gasteiger partial charge in [0.2, 0.25) is 0 Å². The maximum Gasteiger partial charge on any atom is 0.169 e. The minimum Gasteiger partial charge on any atom is -0.380 e. The summed E-state index contributed by atoms with van der Waals surface area (Å²) in [5.74, 6) is -5.72. The largest absolute Gasteiger partial charge is 0.380 e. The lowest BCUT2D eigenvalue weighted by Gasteiger charge is -2.21. The molecule has 0 spiro atoms. The number of ketones is 4. The number of carbonyl (C=O) groups is 4. The lowest BCUT2D eigenvalue weighted by molar-refractivity contribution is -0.131. The lowest BCUT2D eigenvalue weighted by Crippen LogP contribution is -2.33. The first-order chi connectivity index (χ1) is 11.2. The average Bonchev–Trinajstić information content (AvgIpc) is 2.59. The molecule has 0 aromatic heterocycles. The molecule has 24 heavy (non-hydrogen) atoms. The van der Waals surface area contributed by atoms with Crippen LogP contribution >= 0.6 is 21.6 Å². The molecular formula is C16H18O6S2. The summed E-state index contributed by atoms with van der Waals surface area (Å²) in [7, 11) is 1.15. The van der Waals surface area contributed by atoms with E-state index in [1.165, 1.54) is 0 Å². The fraction of sp³-hybridized carbons (Fsp3) is 0.250. The van der Waals surface area contributed by atoms with Crippen LogP contribution in [0.4, 0.5) is 0 Å². The zero-order valence-electron chi connectivity index (χ0n) is 12.8. The van der Waals surface area contributed by atoms with Crippen LogP contribution in [0.25, 0.3) is 0 Å². The van der Waals surface area contributed by atoms with Crippen molar-refractivity contribution in [3.63, 3.8) is 0 Å². The summed E-state index contributed by atoms with van der Waals surface area (Å²) < 4.78 is 0. The summed E-state index contributed by atoms with van der Waals surface area (Å²) in [4.78, 5) is 46.7. The van der Waals surface area contributed by atoms with Crippen molar-refractivity contribution in [3.8, 4) is 0 Å². The Labute approximate surface area is 147 Å². The molecule has 0 rings (SSSR count). The van der Waals surface area contributed by atoms with E-state index in [4.69, 9.17) is 0 Å². The molecule has 0 aliphatic rings. The number of carbonyl (C=O) groups excluding carboxylic acids is 4. The molecule has 0 saturated carbocycles. The van der Waals surface area contributed by atoms with E-state index in [0.717, 1.165) is 24.3 Å². The summed E-state index contributed by atoms with van der Waals surface area (Å²) in [5, 5.41) is 20.0. The Morgan fingerprint density at radius 1 is 0.625 bits per heavy atom. The third-order valence-electron chi connectivity index (χ3n) is 2.85. The predicted molar refractivity (Wildman–Crippen MR) is 95.0 cm³/mol. The lowest BCUT2D eigenvalue weighted by atomic mass is 10.00. The van der Waals surface area contributed by atoms with E-state index >= 15 is 0 Å². The minimum absolute atomic E-state index is 0.576. The Morgan fingerprint density at radius 2 is 0.833 bits per heavy atom. The van der Waals surface area contributed by atoms with Gasteiger partial charge in [-0.3, -0.25) is 19.2 Å². The van der Waals surface area contributed by atoms with Gasteiger partial charge in [0.1, 0.15) is 22.7 Å². The van der Waals surface area contributed by atoms with Gasteiger partial charge in [0, 0.05) is 0 Å². The molecule has 0 bridgehead atoms. The highest BCUT2D eigenvalue weighted by atomic mass is 33.1. The van der Waals surface area contributed by atoms with Crippen LogP contribution in [-0.4, -0.2) is 44.2 Å². The van der Waals surface area contributed by atoms with Gasteiger partial charge in [0.15, 0.2) is 23.1 Å². The van der Waals surface area contributed by atoms with Crippen LogP contribution in [0.5, 0.6) is 0 Å². The SMILES string of the molecule is C=CC(=O)C(C(=O)C=C)C(O)SSC(O)C(C(=O)C=C)C(=O)C=C. The van der Waals surface area contributed by atoms with E-state index in [1.54, 1.807) is 0 Å². The Morgan fingerprint density at radius 3 is 1.00 bits per heavy atom.